The summed E-state index contributed by atoms with van der Waals surface area (Å²) in [7, 11) is 0. The van der Waals surface area contributed by atoms with Gasteiger partial charge in [0.25, 0.3) is 5.91 Å². The fraction of sp³-hybridized carbons (Fsp3) is 0.345. The van der Waals surface area contributed by atoms with Crippen LogP contribution in [0.4, 0.5) is 24.8 Å². The van der Waals surface area contributed by atoms with Gasteiger partial charge >= 0.3 is 6.18 Å². The molecule has 2 amide bonds. The smallest absolute Gasteiger partial charge is 0.390 e. The third-order valence-corrected chi connectivity index (χ3v) is 7.08. The molecule has 3 aromatic heterocycles. The first-order valence-electron chi connectivity index (χ1n) is 13.4. The summed E-state index contributed by atoms with van der Waals surface area (Å²) >= 11 is 0. The number of halogens is 3. The summed E-state index contributed by atoms with van der Waals surface area (Å²) in [5, 5.41) is 12.5. The summed E-state index contributed by atoms with van der Waals surface area (Å²) in [6.45, 7) is 4.25. The first-order chi connectivity index (χ1) is 19.8. The number of hydrogen-bond donors (Lipinski definition) is 3. The third-order valence-electron chi connectivity index (χ3n) is 7.08. The topological polar surface area (TPSA) is 139 Å². The van der Waals surface area contributed by atoms with Gasteiger partial charge in [0, 0.05) is 48.7 Å². The number of piperidine rings is 1. The van der Waals surface area contributed by atoms with Gasteiger partial charge in [-0.2, -0.15) is 13.2 Å². The highest BCUT2D eigenvalue weighted by atomic mass is 19.4. The first kappa shape index (κ1) is 29.0. The Labute approximate surface area is 239 Å². The van der Waals surface area contributed by atoms with Crippen LogP contribution in [0.3, 0.4) is 0 Å². The normalized spacial score (nSPS) is 16.0. The number of rotatable bonds is 6. The molecule has 4 aromatic rings. The van der Waals surface area contributed by atoms with E-state index in [1.165, 1.54) is 12.1 Å². The summed E-state index contributed by atoms with van der Waals surface area (Å²) < 4.78 is 40.9. The quantitative estimate of drug-likeness (QED) is 0.305. The number of nitrogens with one attached hydrogen (secondary N) is 1. The lowest BCUT2D eigenvalue weighted by Gasteiger charge is -2.33. The predicted molar refractivity (Wildman–Crippen MR) is 149 cm³/mol. The van der Waals surface area contributed by atoms with E-state index in [4.69, 9.17) is 10.7 Å². The van der Waals surface area contributed by atoms with E-state index >= 15 is 0 Å². The van der Waals surface area contributed by atoms with Crippen LogP contribution in [0.2, 0.25) is 0 Å². The van der Waals surface area contributed by atoms with E-state index in [-0.39, 0.29) is 35.4 Å². The number of aliphatic hydroxyl groups is 1. The molecule has 0 bridgehead atoms. The maximum atomic E-state index is 13.0. The number of aromatic nitrogens is 4. The van der Waals surface area contributed by atoms with Crippen molar-refractivity contribution in [3.63, 3.8) is 0 Å². The lowest BCUT2D eigenvalue weighted by atomic mass is 9.95. The van der Waals surface area contributed by atoms with Crippen molar-refractivity contribution in [3.05, 3.63) is 71.9 Å². The van der Waals surface area contributed by atoms with E-state index in [1.54, 1.807) is 43.3 Å². The highest BCUT2D eigenvalue weighted by Gasteiger charge is 2.32. The van der Waals surface area contributed by atoms with Gasteiger partial charge in [-0.1, -0.05) is 12.1 Å². The number of benzene rings is 1. The molecule has 0 spiro atoms. The highest BCUT2D eigenvalue weighted by Crippen LogP contribution is 2.34. The minimum absolute atomic E-state index is 0.0217. The van der Waals surface area contributed by atoms with Gasteiger partial charge in [-0.15, -0.1) is 0 Å². The number of nitrogen functional groups attached to an aromatic ring is 1. The molecule has 0 aliphatic carbocycles. The van der Waals surface area contributed by atoms with Crippen molar-refractivity contribution in [3.8, 4) is 11.3 Å². The number of imidazole rings is 1. The van der Waals surface area contributed by atoms with Crippen LogP contribution in [0.1, 0.15) is 60.8 Å². The minimum Gasteiger partial charge on any atom is -0.390 e. The number of alkyl halides is 3. The van der Waals surface area contributed by atoms with Gasteiger partial charge in [0.05, 0.1) is 17.6 Å². The number of likely N-dealkylation sites (tertiary alicyclic amines) is 1. The lowest BCUT2D eigenvalue weighted by molar-refractivity contribution is -0.138. The summed E-state index contributed by atoms with van der Waals surface area (Å²) in [5.41, 5.74) is 6.23. The number of carbonyl (C=O) groups is 2. The number of pyridine rings is 1. The molecule has 1 atom stereocenters. The molecule has 0 radical (unpaired) electrons. The standard InChI is InChI=1S/C29H30F3N7O3/c1-28(2,42)15-22(40)38-12-3-4-19(16-38)26-37-23(24-25(33)35-11-13-39(24)26)17-5-7-18(8-6-17)27(41)36-21-14-20(9-10-34-21)29(30,31)32/h5-11,13-14,19,42H,3-4,12,15-16H2,1-2H3,(H2,33,35)(H,34,36,41)/t19-/m1/s1. The molecule has 1 aliphatic rings. The Hall–Kier alpha value is -4.52. The molecular formula is C29H30F3N7O3. The average molecular weight is 582 g/mol. The Morgan fingerprint density at radius 3 is 2.55 bits per heavy atom. The Kier molecular flexibility index (Phi) is 7.62. The Morgan fingerprint density at radius 2 is 1.86 bits per heavy atom. The maximum absolute atomic E-state index is 13.0. The van der Waals surface area contributed by atoms with Crippen molar-refractivity contribution in [2.75, 3.05) is 24.1 Å². The summed E-state index contributed by atoms with van der Waals surface area (Å²) in [6, 6.07) is 8.01. The van der Waals surface area contributed by atoms with E-state index in [0.29, 0.717) is 35.7 Å². The fourth-order valence-corrected chi connectivity index (χ4v) is 5.12. The van der Waals surface area contributed by atoms with Crippen LogP contribution in [0.15, 0.2) is 55.0 Å². The van der Waals surface area contributed by atoms with Crippen molar-refractivity contribution < 1.29 is 27.9 Å². The van der Waals surface area contributed by atoms with Crippen LogP contribution >= 0.6 is 0 Å². The molecule has 42 heavy (non-hydrogen) atoms. The van der Waals surface area contributed by atoms with E-state index in [2.05, 4.69) is 15.3 Å². The van der Waals surface area contributed by atoms with Crippen LogP contribution in [0, 0.1) is 0 Å². The number of hydrogen-bond acceptors (Lipinski definition) is 7. The molecule has 1 aromatic carbocycles. The van der Waals surface area contributed by atoms with Gasteiger partial charge in [-0.05, 0) is 51.0 Å². The van der Waals surface area contributed by atoms with Crippen molar-refractivity contribution in [2.24, 2.45) is 0 Å². The molecule has 0 saturated carbocycles. The molecule has 1 fully saturated rings. The molecule has 0 unspecified atom stereocenters. The monoisotopic (exact) mass is 581 g/mol. The Bertz CT molecular complexity index is 1630. The molecule has 5 rings (SSSR count). The van der Waals surface area contributed by atoms with Crippen LogP contribution in [0.5, 0.6) is 0 Å². The van der Waals surface area contributed by atoms with Crippen molar-refractivity contribution in [2.45, 2.75) is 50.8 Å². The van der Waals surface area contributed by atoms with Gasteiger partial charge < -0.3 is 21.1 Å². The van der Waals surface area contributed by atoms with Crippen molar-refractivity contribution in [1.29, 1.82) is 0 Å². The number of amides is 2. The second-order valence-corrected chi connectivity index (χ2v) is 11.0. The molecule has 13 heteroatoms. The zero-order chi connectivity index (χ0) is 30.2. The van der Waals surface area contributed by atoms with Crippen LogP contribution in [0.25, 0.3) is 16.8 Å². The molecular weight excluding hydrogens is 551 g/mol. The van der Waals surface area contributed by atoms with Gasteiger partial charge in [0.15, 0.2) is 0 Å². The Morgan fingerprint density at radius 1 is 1.12 bits per heavy atom. The summed E-state index contributed by atoms with van der Waals surface area (Å²) in [4.78, 5) is 40.3. The molecule has 4 N–H and O–H groups in total. The van der Waals surface area contributed by atoms with Crippen LogP contribution in [-0.4, -0.2) is 59.9 Å². The van der Waals surface area contributed by atoms with Gasteiger partial charge in [-0.3, -0.25) is 14.0 Å². The molecule has 1 aliphatic heterocycles. The highest BCUT2D eigenvalue weighted by molar-refractivity contribution is 6.04. The van der Waals surface area contributed by atoms with E-state index in [1.807, 2.05) is 4.40 Å². The average Bonchev–Trinajstić information content (AvgIpc) is 3.33. The largest absolute Gasteiger partial charge is 0.416 e. The first-order valence-corrected chi connectivity index (χ1v) is 13.4. The van der Waals surface area contributed by atoms with Crippen LogP contribution < -0.4 is 11.1 Å². The molecule has 1 saturated heterocycles. The van der Waals surface area contributed by atoms with E-state index < -0.39 is 23.2 Å². The number of nitrogens with two attached hydrogens (primary N) is 1. The predicted octanol–water partition coefficient (Wildman–Crippen LogP) is 4.51. The number of nitrogens with zero attached hydrogens (tertiary/aromatic N) is 5. The Balaban J connectivity index is 1.40. The number of fused-ring (bicyclic) bond motifs is 1. The van der Waals surface area contributed by atoms with Crippen molar-refractivity contribution >= 4 is 29.0 Å². The zero-order valence-electron chi connectivity index (χ0n) is 23.0. The minimum atomic E-state index is -4.56. The lowest BCUT2D eigenvalue weighted by Crippen LogP contribution is -2.42. The number of anilines is 2. The third kappa shape index (κ3) is 6.20. The van der Waals surface area contributed by atoms with Crippen LogP contribution in [-0.2, 0) is 11.0 Å². The maximum Gasteiger partial charge on any atom is 0.416 e. The second kappa shape index (κ2) is 11.0. The molecule has 220 valence electrons. The zero-order valence-corrected chi connectivity index (χ0v) is 23.0. The molecule has 10 nitrogen and oxygen atoms in total. The van der Waals surface area contributed by atoms with E-state index in [0.717, 1.165) is 31.2 Å². The van der Waals surface area contributed by atoms with Crippen molar-refractivity contribution in [1.82, 2.24) is 24.3 Å². The van der Waals surface area contributed by atoms with Gasteiger partial charge in [0.1, 0.15) is 28.7 Å². The fourth-order valence-electron chi connectivity index (χ4n) is 5.12. The second-order valence-electron chi connectivity index (χ2n) is 11.0. The van der Waals surface area contributed by atoms with Gasteiger partial charge in [-0.25, -0.2) is 15.0 Å². The SMILES string of the molecule is CC(C)(O)CC(=O)N1CCC[C@@H](c2nc(-c3ccc(C(=O)Nc4cc(C(F)(F)F)ccn4)cc3)c3c(N)nccn23)C1. The number of carbonyl (C=O) groups excluding carboxylic acids is 2. The summed E-state index contributed by atoms with van der Waals surface area (Å²) in [5.74, 6) is -0.0731. The van der Waals surface area contributed by atoms with E-state index in [9.17, 15) is 27.9 Å². The van der Waals surface area contributed by atoms with Gasteiger partial charge in [0.2, 0.25) is 5.91 Å². The molecule has 4 heterocycles. The summed E-state index contributed by atoms with van der Waals surface area (Å²) in [6.07, 6.45) is 1.36.